The van der Waals surface area contributed by atoms with Gasteiger partial charge in [-0.1, -0.05) is 54.6 Å². The molecule has 0 amide bonds. The van der Waals surface area contributed by atoms with Crippen molar-refractivity contribution in [3.05, 3.63) is 40.2 Å². The summed E-state index contributed by atoms with van der Waals surface area (Å²) >= 11 is 5.79. The number of halogens is 2. The second-order valence-corrected chi connectivity index (χ2v) is 5.31. The highest BCUT2D eigenvalue weighted by Crippen LogP contribution is 2.31. The highest BCUT2D eigenvalue weighted by molar-refractivity contribution is 6.30. The van der Waals surface area contributed by atoms with E-state index < -0.39 is 0 Å². The predicted octanol–water partition coefficient (Wildman–Crippen LogP) is 4.40. The Morgan fingerprint density at radius 3 is 2.72 bits per heavy atom. The molecule has 18 heavy (non-hydrogen) atoms. The van der Waals surface area contributed by atoms with Crippen LogP contribution < -0.4 is 5.73 Å². The minimum absolute atomic E-state index is 0.170. The lowest BCUT2D eigenvalue weighted by atomic mass is 9.83. The van der Waals surface area contributed by atoms with Crippen LogP contribution in [0.5, 0.6) is 0 Å². The van der Waals surface area contributed by atoms with Crippen LogP contribution in [0.15, 0.2) is 23.8 Å². The van der Waals surface area contributed by atoms with Gasteiger partial charge in [-0.2, -0.15) is 0 Å². The van der Waals surface area contributed by atoms with Crippen LogP contribution in [0.2, 0.25) is 5.02 Å². The minimum atomic E-state index is -0.346. The Balaban J connectivity index is 2.25. The van der Waals surface area contributed by atoms with Gasteiger partial charge in [0.05, 0.1) is 5.02 Å². The standard InChI is InChI=1S/C15H19ClFN/c16-14-8-4-7-12(15(14)17)9-13(10-18)11-5-2-1-3-6-11/h4,7-9,11H,1-3,5-6,10,18H2/b13-9-. The molecule has 1 aromatic rings. The molecule has 98 valence electrons. The summed E-state index contributed by atoms with van der Waals surface area (Å²) in [5.41, 5.74) is 7.51. The molecule has 1 aliphatic rings. The average Bonchev–Trinajstić information content (AvgIpc) is 2.41. The van der Waals surface area contributed by atoms with Crippen LogP contribution >= 0.6 is 11.6 Å². The summed E-state index contributed by atoms with van der Waals surface area (Å²) in [5, 5.41) is 0.170. The van der Waals surface area contributed by atoms with Crippen LogP contribution in [0.1, 0.15) is 37.7 Å². The Morgan fingerprint density at radius 1 is 1.33 bits per heavy atom. The van der Waals surface area contributed by atoms with Crippen LogP contribution in [0.25, 0.3) is 6.08 Å². The lowest BCUT2D eigenvalue weighted by Gasteiger charge is -2.24. The van der Waals surface area contributed by atoms with Gasteiger partial charge in [-0.15, -0.1) is 0 Å². The quantitative estimate of drug-likeness (QED) is 0.863. The average molecular weight is 268 g/mol. The molecular weight excluding hydrogens is 249 g/mol. The lowest BCUT2D eigenvalue weighted by Crippen LogP contribution is -2.16. The number of hydrogen-bond acceptors (Lipinski definition) is 1. The van der Waals surface area contributed by atoms with Gasteiger partial charge in [-0.05, 0) is 24.8 Å². The molecule has 1 fully saturated rings. The Bertz CT molecular complexity index is 436. The molecule has 1 saturated carbocycles. The van der Waals surface area contributed by atoms with Crippen molar-refractivity contribution < 1.29 is 4.39 Å². The first-order valence-corrected chi connectivity index (χ1v) is 6.94. The first kappa shape index (κ1) is 13.6. The summed E-state index contributed by atoms with van der Waals surface area (Å²) in [6.45, 7) is 0.497. The molecule has 1 aliphatic carbocycles. The van der Waals surface area contributed by atoms with Crippen LogP contribution in [0.3, 0.4) is 0 Å². The predicted molar refractivity (Wildman–Crippen MR) is 75.0 cm³/mol. The number of rotatable bonds is 3. The SMILES string of the molecule is NC/C(=C/c1cccc(Cl)c1F)C1CCCCC1. The largest absolute Gasteiger partial charge is 0.327 e. The Kier molecular flexibility index (Phi) is 4.79. The normalized spacial score (nSPS) is 18.1. The molecule has 1 aromatic carbocycles. The van der Waals surface area contributed by atoms with Gasteiger partial charge in [0.2, 0.25) is 0 Å². The van der Waals surface area contributed by atoms with E-state index in [0.29, 0.717) is 18.0 Å². The Labute approximate surface area is 113 Å². The molecule has 3 heteroatoms. The van der Waals surface area contributed by atoms with E-state index in [1.54, 1.807) is 18.2 Å². The van der Waals surface area contributed by atoms with Gasteiger partial charge in [-0.3, -0.25) is 0 Å². The summed E-state index contributed by atoms with van der Waals surface area (Å²) < 4.78 is 13.8. The lowest BCUT2D eigenvalue weighted by molar-refractivity contribution is 0.401. The molecule has 0 bridgehead atoms. The second kappa shape index (κ2) is 6.35. The van der Waals surface area contributed by atoms with E-state index >= 15 is 0 Å². The summed E-state index contributed by atoms with van der Waals surface area (Å²) in [6.07, 6.45) is 8.04. The van der Waals surface area contributed by atoms with E-state index in [2.05, 4.69) is 0 Å². The van der Waals surface area contributed by atoms with Crippen LogP contribution in [-0.4, -0.2) is 6.54 Å². The van der Waals surface area contributed by atoms with E-state index in [0.717, 1.165) is 5.57 Å². The van der Waals surface area contributed by atoms with E-state index in [9.17, 15) is 4.39 Å². The third-order valence-corrected chi connectivity index (χ3v) is 3.98. The molecule has 0 atom stereocenters. The Hall–Kier alpha value is -0.860. The van der Waals surface area contributed by atoms with E-state index in [1.807, 2.05) is 6.08 Å². The van der Waals surface area contributed by atoms with Crippen molar-refractivity contribution in [3.8, 4) is 0 Å². The molecule has 0 radical (unpaired) electrons. The fraction of sp³-hybridized carbons (Fsp3) is 0.467. The van der Waals surface area contributed by atoms with Gasteiger partial charge in [0.25, 0.3) is 0 Å². The fourth-order valence-electron chi connectivity index (χ4n) is 2.65. The summed E-state index contributed by atoms with van der Waals surface area (Å²) in [5.74, 6) is 0.169. The zero-order valence-corrected chi connectivity index (χ0v) is 11.2. The zero-order chi connectivity index (χ0) is 13.0. The monoisotopic (exact) mass is 267 g/mol. The van der Waals surface area contributed by atoms with Crippen molar-refractivity contribution in [2.24, 2.45) is 11.7 Å². The molecular formula is C15H19ClFN. The van der Waals surface area contributed by atoms with Crippen molar-refractivity contribution >= 4 is 17.7 Å². The van der Waals surface area contributed by atoms with Crippen molar-refractivity contribution in [1.82, 2.24) is 0 Å². The van der Waals surface area contributed by atoms with Crippen molar-refractivity contribution in [3.63, 3.8) is 0 Å². The highest BCUT2D eigenvalue weighted by atomic mass is 35.5. The maximum atomic E-state index is 13.8. The van der Waals surface area contributed by atoms with E-state index in [4.69, 9.17) is 17.3 Å². The molecule has 2 N–H and O–H groups in total. The molecule has 0 aliphatic heterocycles. The Morgan fingerprint density at radius 2 is 2.06 bits per heavy atom. The second-order valence-electron chi connectivity index (χ2n) is 4.90. The highest BCUT2D eigenvalue weighted by Gasteiger charge is 2.17. The maximum Gasteiger partial charge on any atom is 0.148 e. The fourth-order valence-corrected chi connectivity index (χ4v) is 2.83. The van der Waals surface area contributed by atoms with Crippen molar-refractivity contribution in [1.29, 1.82) is 0 Å². The zero-order valence-electron chi connectivity index (χ0n) is 10.5. The topological polar surface area (TPSA) is 26.0 Å². The molecule has 2 rings (SSSR count). The maximum absolute atomic E-state index is 13.8. The molecule has 0 saturated heterocycles. The summed E-state index contributed by atoms with van der Waals surface area (Å²) in [6, 6.07) is 5.09. The molecule has 0 heterocycles. The summed E-state index contributed by atoms with van der Waals surface area (Å²) in [4.78, 5) is 0. The molecule has 0 spiro atoms. The van der Waals surface area contributed by atoms with Gasteiger partial charge in [-0.25, -0.2) is 4.39 Å². The van der Waals surface area contributed by atoms with Crippen LogP contribution in [0, 0.1) is 11.7 Å². The summed E-state index contributed by atoms with van der Waals surface area (Å²) in [7, 11) is 0. The third-order valence-electron chi connectivity index (χ3n) is 3.69. The molecule has 0 unspecified atom stereocenters. The molecule has 0 aromatic heterocycles. The van der Waals surface area contributed by atoms with E-state index in [1.165, 1.54) is 32.1 Å². The van der Waals surface area contributed by atoms with Gasteiger partial charge in [0.15, 0.2) is 0 Å². The van der Waals surface area contributed by atoms with E-state index in [-0.39, 0.29) is 10.8 Å². The number of benzene rings is 1. The number of nitrogens with two attached hydrogens (primary N) is 1. The smallest absolute Gasteiger partial charge is 0.148 e. The molecule has 1 nitrogen and oxygen atoms in total. The first-order valence-electron chi connectivity index (χ1n) is 6.57. The first-order chi connectivity index (χ1) is 8.72. The number of hydrogen-bond donors (Lipinski definition) is 1. The van der Waals surface area contributed by atoms with Gasteiger partial charge in [0.1, 0.15) is 5.82 Å². The minimum Gasteiger partial charge on any atom is -0.327 e. The van der Waals surface area contributed by atoms with Crippen molar-refractivity contribution in [2.75, 3.05) is 6.54 Å². The van der Waals surface area contributed by atoms with Crippen LogP contribution in [-0.2, 0) is 0 Å². The van der Waals surface area contributed by atoms with Gasteiger partial charge >= 0.3 is 0 Å². The van der Waals surface area contributed by atoms with Gasteiger partial charge < -0.3 is 5.73 Å². The van der Waals surface area contributed by atoms with Crippen LogP contribution in [0.4, 0.5) is 4.39 Å². The van der Waals surface area contributed by atoms with Gasteiger partial charge in [0, 0.05) is 12.1 Å². The third kappa shape index (κ3) is 3.12. The van der Waals surface area contributed by atoms with Crippen molar-refractivity contribution in [2.45, 2.75) is 32.1 Å².